The van der Waals surface area contributed by atoms with Crippen LogP contribution in [0.15, 0.2) is 0 Å². The second kappa shape index (κ2) is 3.52. The van der Waals surface area contributed by atoms with Gasteiger partial charge in [-0.15, -0.1) is 12.3 Å². The maximum absolute atomic E-state index is 5.30. The zero-order valence-electron chi connectivity index (χ0n) is 10.3. The van der Waals surface area contributed by atoms with Gasteiger partial charge in [-0.2, -0.15) is 0 Å². The number of hydrogen-bond donors (Lipinski definition) is 1. The average molecular weight is 205 g/mol. The van der Waals surface area contributed by atoms with E-state index in [9.17, 15) is 0 Å². The van der Waals surface area contributed by atoms with E-state index in [1.165, 1.54) is 19.3 Å². The van der Waals surface area contributed by atoms with Gasteiger partial charge < -0.3 is 5.32 Å². The van der Waals surface area contributed by atoms with E-state index in [2.05, 4.69) is 32.0 Å². The molecule has 1 N–H and O–H groups in total. The highest BCUT2D eigenvalue weighted by atomic mass is 15.0. The first-order valence-electron chi connectivity index (χ1n) is 6.17. The van der Waals surface area contributed by atoms with Crippen molar-refractivity contribution in [3.8, 4) is 12.3 Å². The summed E-state index contributed by atoms with van der Waals surface area (Å²) in [6.45, 7) is 8.29. The van der Waals surface area contributed by atoms with Crippen molar-refractivity contribution in [2.45, 2.75) is 52.5 Å². The molecule has 84 valence electrons. The Morgan fingerprint density at radius 2 is 2.13 bits per heavy atom. The van der Waals surface area contributed by atoms with Gasteiger partial charge in [-0.25, -0.2) is 0 Å². The Hall–Kier alpha value is -0.480. The first kappa shape index (κ1) is 11.0. The van der Waals surface area contributed by atoms with Gasteiger partial charge in [0.2, 0.25) is 0 Å². The summed E-state index contributed by atoms with van der Waals surface area (Å²) in [5.41, 5.74) is 0.990. The highest BCUT2D eigenvalue weighted by Crippen LogP contribution is 2.62. The van der Waals surface area contributed by atoms with Gasteiger partial charge in [0.25, 0.3) is 0 Å². The van der Waals surface area contributed by atoms with Crippen LogP contribution < -0.4 is 5.32 Å². The minimum atomic E-state index is 0.460. The largest absolute Gasteiger partial charge is 0.312 e. The standard InChI is InChI=1S/C14H23N/c1-5-6-9-15-12-13(2,3)11-7-8-14(12,4)10-11/h1,11-12,15H,6-10H2,2-4H3/t11-,12?,14+/m0/s1. The Morgan fingerprint density at radius 3 is 2.67 bits per heavy atom. The van der Waals surface area contributed by atoms with E-state index in [-0.39, 0.29) is 0 Å². The molecule has 15 heavy (non-hydrogen) atoms. The lowest BCUT2D eigenvalue weighted by Crippen LogP contribution is -2.50. The van der Waals surface area contributed by atoms with Gasteiger partial charge in [-0.3, -0.25) is 0 Å². The molecule has 0 amide bonds. The van der Waals surface area contributed by atoms with Crippen LogP contribution in [0.25, 0.3) is 0 Å². The van der Waals surface area contributed by atoms with Gasteiger partial charge in [0, 0.05) is 19.0 Å². The molecule has 1 heteroatoms. The quantitative estimate of drug-likeness (QED) is 0.552. The van der Waals surface area contributed by atoms with Gasteiger partial charge in [-0.05, 0) is 36.0 Å². The monoisotopic (exact) mass is 205 g/mol. The maximum Gasteiger partial charge on any atom is 0.0212 e. The van der Waals surface area contributed by atoms with E-state index < -0.39 is 0 Å². The summed E-state index contributed by atoms with van der Waals surface area (Å²) in [6, 6.07) is 0.664. The third kappa shape index (κ3) is 1.60. The highest BCUT2D eigenvalue weighted by molar-refractivity contribution is 5.12. The fourth-order valence-corrected chi connectivity index (χ4v) is 4.10. The molecule has 3 atom stereocenters. The van der Waals surface area contributed by atoms with Gasteiger partial charge in [-0.1, -0.05) is 20.8 Å². The smallest absolute Gasteiger partial charge is 0.0212 e. The van der Waals surface area contributed by atoms with Crippen LogP contribution in [0.3, 0.4) is 0 Å². The van der Waals surface area contributed by atoms with Crippen LogP contribution >= 0.6 is 0 Å². The predicted molar refractivity (Wildman–Crippen MR) is 64.5 cm³/mol. The summed E-state index contributed by atoms with van der Waals surface area (Å²) in [4.78, 5) is 0. The number of rotatable bonds is 3. The molecule has 1 nitrogen and oxygen atoms in total. The van der Waals surface area contributed by atoms with Crippen molar-refractivity contribution in [1.29, 1.82) is 0 Å². The Morgan fingerprint density at radius 1 is 1.40 bits per heavy atom. The molecular weight excluding hydrogens is 182 g/mol. The van der Waals surface area contributed by atoms with Crippen molar-refractivity contribution in [1.82, 2.24) is 5.32 Å². The molecular formula is C14H23N. The molecule has 2 saturated carbocycles. The zero-order chi connectivity index (χ0) is 11.1. The minimum absolute atomic E-state index is 0.460. The molecule has 0 aliphatic heterocycles. The molecule has 0 radical (unpaired) electrons. The number of nitrogens with one attached hydrogen (secondary N) is 1. The van der Waals surface area contributed by atoms with Gasteiger partial charge in [0.1, 0.15) is 0 Å². The van der Waals surface area contributed by atoms with E-state index in [1.807, 2.05) is 0 Å². The highest BCUT2D eigenvalue weighted by Gasteiger charge is 2.58. The fraction of sp³-hybridized carbons (Fsp3) is 0.857. The second-order valence-electron chi connectivity index (χ2n) is 6.26. The lowest BCUT2D eigenvalue weighted by Gasteiger charge is -2.43. The number of terminal acetylenes is 1. The fourth-order valence-electron chi connectivity index (χ4n) is 4.10. The first-order valence-corrected chi connectivity index (χ1v) is 6.17. The Bertz CT molecular complexity index is 281. The van der Waals surface area contributed by atoms with E-state index in [1.54, 1.807) is 0 Å². The van der Waals surface area contributed by atoms with Crippen LogP contribution in [0, 0.1) is 29.1 Å². The molecule has 2 rings (SSSR count). The molecule has 0 aromatic rings. The number of fused-ring (bicyclic) bond motifs is 2. The number of hydrogen-bond acceptors (Lipinski definition) is 1. The summed E-state index contributed by atoms with van der Waals surface area (Å²) in [6.07, 6.45) is 10.4. The van der Waals surface area contributed by atoms with Crippen LogP contribution in [0.5, 0.6) is 0 Å². The van der Waals surface area contributed by atoms with Crippen molar-refractivity contribution >= 4 is 0 Å². The zero-order valence-corrected chi connectivity index (χ0v) is 10.3. The Kier molecular flexibility index (Phi) is 2.59. The molecule has 2 bridgehead atoms. The van der Waals surface area contributed by atoms with E-state index in [4.69, 9.17) is 6.42 Å². The van der Waals surface area contributed by atoms with E-state index in [0.717, 1.165) is 18.9 Å². The van der Waals surface area contributed by atoms with Crippen molar-refractivity contribution in [3.05, 3.63) is 0 Å². The summed E-state index contributed by atoms with van der Waals surface area (Å²) in [7, 11) is 0. The first-order chi connectivity index (χ1) is 7.00. The summed E-state index contributed by atoms with van der Waals surface area (Å²) >= 11 is 0. The second-order valence-corrected chi connectivity index (χ2v) is 6.26. The summed E-state index contributed by atoms with van der Waals surface area (Å²) < 4.78 is 0. The van der Waals surface area contributed by atoms with Crippen molar-refractivity contribution in [2.24, 2.45) is 16.7 Å². The summed E-state index contributed by atoms with van der Waals surface area (Å²) in [5.74, 6) is 3.64. The van der Waals surface area contributed by atoms with Gasteiger partial charge in [0.15, 0.2) is 0 Å². The van der Waals surface area contributed by atoms with Crippen LogP contribution in [0.4, 0.5) is 0 Å². The van der Waals surface area contributed by atoms with Crippen molar-refractivity contribution < 1.29 is 0 Å². The van der Waals surface area contributed by atoms with E-state index in [0.29, 0.717) is 16.9 Å². The van der Waals surface area contributed by atoms with Gasteiger partial charge in [0.05, 0.1) is 0 Å². The lowest BCUT2D eigenvalue weighted by atomic mass is 9.68. The maximum atomic E-state index is 5.30. The molecule has 0 aromatic carbocycles. The molecule has 0 heterocycles. The molecule has 1 unspecified atom stereocenters. The average Bonchev–Trinajstić information content (AvgIpc) is 2.62. The van der Waals surface area contributed by atoms with Crippen LogP contribution in [0.2, 0.25) is 0 Å². The Labute approximate surface area is 94.0 Å². The predicted octanol–water partition coefficient (Wildman–Crippen LogP) is 2.81. The Balaban J connectivity index is 2.06. The molecule has 2 aliphatic carbocycles. The van der Waals surface area contributed by atoms with Crippen molar-refractivity contribution in [3.63, 3.8) is 0 Å². The molecule has 2 aliphatic rings. The van der Waals surface area contributed by atoms with E-state index >= 15 is 0 Å². The minimum Gasteiger partial charge on any atom is -0.312 e. The van der Waals surface area contributed by atoms with Crippen LogP contribution in [-0.2, 0) is 0 Å². The van der Waals surface area contributed by atoms with Crippen LogP contribution in [0.1, 0.15) is 46.5 Å². The topological polar surface area (TPSA) is 12.0 Å². The van der Waals surface area contributed by atoms with Crippen molar-refractivity contribution in [2.75, 3.05) is 6.54 Å². The molecule has 2 fully saturated rings. The van der Waals surface area contributed by atoms with Gasteiger partial charge >= 0.3 is 0 Å². The summed E-state index contributed by atoms with van der Waals surface area (Å²) in [5, 5.41) is 3.70. The molecule has 0 saturated heterocycles. The third-order valence-corrected chi connectivity index (χ3v) is 4.89. The third-order valence-electron chi connectivity index (χ3n) is 4.89. The lowest BCUT2D eigenvalue weighted by molar-refractivity contribution is 0.110. The normalized spacial score (nSPS) is 41.7. The van der Waals surface area contributed by atoms with Crippen LogP contribution in [-0.4, -0.2) is 12.6 Å². The SMILES string of the molecule is C#CCCNC1C(C)(C)[C@H]2CC[C@]1(C)C2. The molecule has 0 spiro atoms. The molecule has 0 aromatic heterocycles.